The summed E-state index contributed by atoms with van der Waals surface area (Å²) in [6, 6.07) is 12.9. The molecule has 1 atom stereocenters. The van der Waals surface area contributed by atoms with Crippen molar-refractivity contribution in [1.82, 2.24) is 9.97 Å². The highest BCUT2D eigenvalue weighted by Crippen LogP contribution is 2.45. The molecule has 4 heterocycles. The minimum Gasteiger partial charge on any atom is -0.507 e. The fourth-order valence-corrected chi connectivity index (χ4v) is 5.50. The third kappa shape index (κ3) is 3.95. The number of pyridine rings is 1. The van der Waals surface area contributed by atoms with E-state index in [-0.39, 0.29) is 11.3 Å². The molecular formula is C27H21N3O6S. The number of benzene rings is 2. The minimum atomic E-state index is -0.922. The number of hydrogen-bond donors (Lipinski definition) is 1. The van der Waals surface area contributed by atoms with E-state index in [4.69, 9.17) is 14.2 Å². The summed E-state index contributed by atoms with van der Waals surface area (Å²) in [5.74, 6) is -0.208. The second-order valence-corrected chi connectivity index (χ2v) is 9.38. The van der Waals surface area contributed by atoms with Gasteiger partial charge in [0.15, 0.2) is 16.6 Å². The monoisotopic (exact) mass is 515 g/mol. The highest BCUT2D eigenvalue weighted by Gasteiger charge is 2.48. The van der Waals surface area contributed by atoms with E-state index in [1.54, 1.807) is 42.7 Å². The van der Waals surface area contributed by atoms with Gasteiger partial charge >= 0.3 is 5.91 Å². The van der Waals surface area contributed by atoms with Crippen LogP contribution < -0.4 is 19.1 Å². The molecule has 0 saturated carbocycles. The van der Waals surface area contributed by atoms with Gasteiger partial charge in [-0.05, 0) is 55.0 Å². The van der Waals surface area contributed by atoms with Crippen molar-refractivity contribution in [2.24, 2.45) is 0 Å². The maximum absolute atomic E-state index is 13.4. The van der Waals surface area contributed by atoms with E-state index < -0.39 is 17.7 Å². The molecule has 10 heteroatoms. The van der Waals surface area contributed by atoms with Crippen LogP contribution in [-0.2, 0) is 9.59 Å². The van der Waals surface area contributed by atoms with E-state index in [0.29, 0.717) is 58.8 Å². The molecule has 2 aromatic carbocycles. The summed E-state index contributed by atoms with van der Waals surface area (Å²) in [5.41, 5.74) is 1.52. The molecule has 6 rings (SSSR count). The van der Waals surface area contributed by atoms with Crippen molar-refractivity contribution in [3.63, 3.8) is 0 Å². The van der Waals surface area contributed by atoms with Crippen LogP contribution >= 0.6 is 11.3 Å². The summed E-state index contributed by atoms with van der Waals surface area (Å²) in [5, 5.41) is 11.7. The first kappa shape index (κ1) is 23.0. The number of rotatable bonds is 5. The van der Waals surface area contributed by atoms with Crippen molar-refractivity contribution < 1.29 is 28.9 Å². The van der Waals surface area contributed by atoms with Crippen molar-refractivity contribution in [3.8, 4) is 17.2 Å². The van der Waals surface area contributed by atoms with Gasteiger partial charge in [0.05, 0.1) is 28.4 Å². The van der Waals surface area contributed by atoms with Crippen LogP contribution in [0.2, 0.25) is 0 Å². The average molecular weight is 516 g/mol. The summed E-state index contributed by atoms with van der Waals surface area (Å²) in [4.78, 5) is 37.0. The van der Waals surface area contributed by atoms with Gasteiger partial charge in [-0.15, -0.1) is 0 Å². The molecule has 2 aliphatic rings. The maximum atomic E-state index is 13.4. The summed E-state index contributed by atoms with van der Waals surface area (Å²) < 4.78 is 17.6. The zero-order valence-corrected chi connectivity index (χ0v) is 20.5. The zero-order valence-electron chi connectivity index (χ0n) is 19.7. The van der Waals surface area contributed by atoms with Gasteiger partial charge in [-0.25, -0.2) is 4.98 Å². The van der Waals surface area contributed by atoms with Crippen molar-refractivity contribution in [3.05, 3.63) is 77.6 Å². The number of Topliss-reactive ketones (excluding diaryl/α,β-unsaturated/α-hetero) is 1. The van der Waals surface area contributed by atoms with E-state index in [1.165, 1.54) is 16.2 Å². The molecule has 0 bridgehead atoms. The third-order valence-electron chi connectivity index (χ3n) is 6.13. The van der Waals surface area contributed by atoms with Crippen molar-refractivity contribution in [2.75, 3.05) is 24.7 Å². The minimum absolute atomic E-state index is 0.0519. The van der Waals surface area contributed by atoms with Crippen molar-refractivity contribution >= 4 is 44.1 Å². The standard InChI is InChI=1S/C27H21N3O6S/c1-2-34-17-6-7-18-21(13-17)37-27(29-18)30-23(16-4-3-9-28-14-16)22(25(32)26(30)33)24(31)15-5-8-19-20(12-15)36-11-10-35-19/h3-9,12-14,23,31H,2,10-11H2,1H3/b24-22+. The fourth-order valence-electron chi connectivity index (χ4n) is 4.48. The number of aliphatic hydroxyl groups is 1. The van der Waals surface area contributed by atoms with Crippen LogP contribution in [0, 0.1) is 0 Å². The molecule has 0 aliphatic carbocycles. The molecule has 1 unspecified atom stereocenters. The lowest BCUT2D eigenvalue weighted by Gasteiger charge is -2.23. The van der Waals surface area contributed by atoms with Gasteiger partial charge < -0.3 is 19.3 Å². The quantitative estimate of drug-likeness (QED) is 0.235. The molecule has 186 valence electrons. The number of amides is 1. The van der Waals surface area contributed by atoms with Gasteiger partial charge in [0.2, 0.25) is 0 Å². The Kier molecular flexibility index (Phi) is 5.72. The maximum Gasteiger partial charge on any atom is 0.301 e. The predicted octanol–water partition coefficient (Wildman–Crippen LogP) is 4.49. The summed E-state index contributed by atoms with van der Waals surface area (Å²) in [7, 11) is 0. The molecule has 1 amide bonds. The van der Waals surface area contributed by atoms with Crippen LogP contribution in [0.4, 0.5) is 5.13 Å². The number of anilines is 1. The van der Waals surface area contributed by atoms with Crippen LogP contribution in [0.1, 0.15) is 24.1 Å². The van der Waals surface area contributed by atoms with Gasteiger partial charge in [-0.2, -0.15) is 0 Å². The smallest absolute Gasteiger partial charge is 0.301 e. The normalized spacial score (nSPS) is 18.4. The third-order valence-corrected chi connectivity index (χ3v) is 7.14. The number of nitrogens with zero attached hydrogens (tertiary/aromatic N) is 3. The number of thiazole rings is 1. The number of hydrogen-bond acceptors (Lipinski definition) is 9. The lowest BCUT2D eigenvalue weighted by atomic mass is 9.96. The Bertz CT molecular complexity index is 1570. The van der Waals surface area contributed by atoms with E-state index in [0.717, 1.165) is 4.70 Å². The van der Waals surface area contributed by atoms with Gasteiger partial charge in [-0.1, -0.05) is 17.4 Å². The first-order valence-corrected chi connectivity index (χ1v) is 12.5. The summed E-state index contributed by atoms with van der Waals surface area (Å²) in [6.45, 7) is 3.22. The lowest BCUT2D eigenvalue weighted by molar-refractivity contribution is -0.132. The Morgan fingerprint density at radius 3 is 2.76 bits per heavy atom. The van der Waals surface area contributed by atoms with Crippen molar-refractivity contribution in [1.29, 1.82) is 0 Å². The molecule has 2 aliphatic heterocycles. The molecule has 2 aromatic heterocycles. The SMILES string of the molecule is CCOc1ccc2nc(N3C(=O)C(=O)/C(=C(/O)c4ccc5c(c4)OCCO5)C3c3cccnc3)sc2c1. The number of ketones is 1. The zero-order chi connectivity index (χ0) is 25.5. The largest absolute Gasteiger partial charge is 0.507 e. The Morgan fingerprint density at radius 2 is 1.97 bits per heavy atom. The van der Waals surface area contributed by atoms with Gasteiger partial charge in [-0.3, -0.25) is 19.5 Å². The molecular weight excluding hydrogens is 494 g/mol. The van der Waals surface area contributed by atoms with Crippen LogP contribution in [0.15, 0.2) is 66.5 Å². The number of fused-ring (bicyclic) bond motifs is 2. The van der Waals surface area contributed by atoms with Crippen LogP contribution in [0.25, 0.3) is 16.0 Å². The Balaban J connectivity index is 1.50. The topological polar surface area (TPSA) is 111 Å². The predicted molar refractivity (Wildman–Crippen MR) is 137 cm³/mol. The second-order valence-electron chi connectivity index (χ2n) is 8.37. The van der Waals surface area contributed by atoms with Crippen LogP contribution in [0.3, 0.4) is 0 Å². The number of ether oxygens (including phenoxy) is 3. The number of carbonyl (C=O) groups excluding carboxylic acids is 2. The first-order valence-electron chi connectivity index (χ1n) is 11.7. The lowest BCUT2D eigenvalue weighted by Crippen LogP contribution is -2.29. The number of carbonyl (C=O) groups is 2. The average Bonchev–Trinajstić information content (AvgIpc) is 3.46. The molecule has 1 fully saturated rings. The van der Waals surface area contributed by atoms with Gasteiger partial charge in [0.25, 0.3) is 5.78 Å². The first-order chi connectivity index (χ1) is 18.0. The van der Waals surface area contributed by atoms with Crippen LogP contribution in [0.5, 0.6) is 17.2 Å². The van der Waals surface area contributed by atoms with Crippen molar-refractivity contribution in [2.45, 2.75) is 13.0 Å². The van der Waals surface area contributed by atoms with E-state index >= 15 is 0 Å². The van der Waals surface area contributed by atoms with E-state index in [2.05, 4.69) is 9.97 Å². The van der Waals surface area contributed by atoms with Gasteiger partial charge in [0.1, 0.15) is 24.7 Å². The molecule has 0 spiro atoms. The van der Waals surface area contributed by atoms with Crippen LogP contribution in [-0.4, -0.2) is 46.6 Å². The molecule has 9 nitrogen and oxygen atoms in total. The Morgan fingerprint density at radius 1 is 1.14 bits per heavy atom. The van der Waals surface area contributed by atoms with E-state index in [9.17, 15) is 14.7 Å². The molecule has 37 heavy (non-hydrogen) atoms. The number of aliphatic hydroxyl groups excluding tert-OH is 1. The number of aromatic nitrogens is 2. The second kappa shape index (κ2) is 9.21. The highest BCUT2D eigenvalue weighted by atomic mass is 32.1. The van der Waals surface area contributed by atoms with E-state index in [1.807, 2.05) is 25.1 Å². The fraction of sp³-hybridized carbons (Fsp3) is 0.185. The highest BCUT2D eigenvalue weighted by molar-refractivity contribution is 7.22. The molecule has 0 radical (unpaired) electrons. The summed E-state index contributed by atoms with van der Waals surface area (Å²) in [6.07, 6.45) is 3.17. The molecule has 1 N–H and O–H groups in total. The molecule has 1 saturated heterocycles. The summed E-state index contributed by atoms with van der Waals surface area (Å²) >= 11 is 1.27. The Hall–Kier alpha value is -4.44. The Labute approximate surface area is 215 Å². The molecule has 4 aromatic rings. The van der Waals surface area contributed by atoms with Gasteiger partial charge in [0, 0.05) is 18.0 Å².